The first-order valence-electron chi connectivity index (χ1n) is 3.69. The third-order valence-corrected chi connectivity index (χ3v) is 4.07. The van der Waals surface area contributed by atoms with E-state index in [1.807, 2.05) is 0 Å². The maximum absolute atomic E-state index is 6.01. The number of aliphatic imine (C=N–C) groups is 1. The van der Waals surface area contributed by atoms with Gasteiger partial charge in [0.25, 0.3) is 0 Å². The maximum Gasteiger partial charge on any atom is 0.115 e. The zero-order chi connectivity index (χ0) is 11.6. The number of hydrogen-bond donors (Lipinski definition) is 1. The van der Waals surface area contributed by atoms with Crippen molar-refractivity contribution in [2.75, 3.05) is 5.88 Å². The topological polar surface area (TPSA) is 38.4 Å². The zero-order valence-corrected chi connectivity index (χ0v) is 12.6. The number of halogens is 5. The van der Waals surface area contributed by atoms with Gasteiger partial charge in [0, 0.05) is 8.95 Å². The van der Waals surface area contributed by atoms with E-state index < -0.39 is 0 Å². The number of nitrogens with zero attached hydrogens (tertiary/aromatic N) is 1. The van der Waals surface area contributed by atoms with Crippen molar-refractivity contribution < 1.29 is 0 Å². The van der Waals surface area contributed by atoms with Crippen LogP contribution in [-0.4, -0.2) is 11.7 Å². The van der Waals surface area contributed by atoms with Crippen LogP contribution in [0.1, 0.15) is 0 Å². The molecule has 82 valence electrons. The maximum atomic E-state index is 6.01. The molecule has 15 heavy (non-hydrogen) atoms. The monoisotopic (exact) mass is 392 g/mol. The third-order valence-electron chi connectivity index (χ3n) is 1.48. The molecule has 1 aromatic carbocycles. The molecule has 0 saturated carbocycles. The Hall–Kier alpha value is 0.520. The van der Waals surface area contributed by atoms with E-state index in [4.69, 9.17) is 40.5 Å². The summed E-state index contributed by atoms with van der Waals surface area (Å²) in [6.07, 6.45) is 0. The van der Waals surface area contributed by atoms with E-state index in [-0.39, 0.29) is 11.7 Å². The summed E-state index contributed by atoms with van der Waals surface area (Å²) in [6.45, 7) is 0. The van der Waals surface area contributed by atoms with Gasteiger partial charge in [-0.25, -0.2) is 4.99 Å². The molecule has 1 aromatic rings. The van der Waals surface area contributed by atoms with E-state index >= 15 is 0 Å². The van der Waals surface area contributed by atoms with Crippen LogP contribution in [0.5, 0.6) is 0 Å². The smallest absolute Gasteiger partial charge is 0.115 e. The van der Waals surface area contributed by atoms with Crippen LogP contribution in [0.2, 0.25) is 10.0 Å². The van der Waals surface area contributed by atoms with Crippen LogP contribution in [0, 0.1) is 0 Å². The lowest BCUT2D eigenvalue weighted by Crippen LogP contribution is -2.12. The van der Waals surface area contributed by atoms with Gasteiger partial charge in [0.2, 0.25) is 0 Å². The summed E-state index contributed by atoms with van der Waals surface area (Å²) < 4.78 is 1.38. The zero-order valence-electron chi connectivity index (χ0n) is 7.20. The Morgan fingerprint density at radius 2 is 1.87 bits per heavy atom. The minimum atomic E-state index is 0.135. The van der Waals surface area contributed by atoms with E-state index in [9.17, 15) is 0 Å². The Bertz CT molecular complexity index is 421. The summed E-state index contributed by atoms with van der Waals surface area (Å²) in [7, 11) is 0. The SMILES string of the molecule is NC(CCl)=Nc1c(Br)cc(Br)c(Cl)c1Cl. The quantitative estimate of drug-likeness (QED) is 0.254. The Balaban J connectivity index is 3.36. The summed E-state index contributed by atoms with van der Waals surface area (Å²) in [5, 5.41) is 0.715. The molecule has 1 rings (SSSR count). The van der Waals surface area contributed by atoms with Gasteiger partial charge in [-0.15, -0.1) is 11.6 Å². The molecule has 0 bridgehead atoms. The molecule has 7 heteroatoms. The van der Waals surface area contributed by atoms with E-state index in [0.717, 1.165) is 0 Å². The van der Waals surface area contributed by atoms with Crippen molar-refractivity contribution in [1.82, 2.24) is 0 Å². The fraction of sp³-hybridized carbons (Fsp3) is 0.125. The van der Waals surface area contributed by atoms with E-state index in [0.29, 0.717) is 24.7 Å². The van der Waals surface area contributed by atoms with Crippen molar-refractivity contribution in [1.29, 1.82) is 0 Å². The fourth-order valence-electron chi connectivity index (χ4n) is 0.833. The standard InChI is InChI=1S/C8H5Br2Cl3N2/c9-3-1-4(10)8(7(13)6(3)12)15-5(14)2-11/h1H,2H2,(H2,14,15). The van der Waals surface area contributed by atoms with Crippen molar-refractivity contribution >= 4 is 78.2 Å². The fourth-order valence-corrected chi connectivity index (χ4v) is 2.76. The molecule has 2 N–H and O–H groups in total. The molecule has 0 fully saturated rings. The molecule has 0 saturated heterocycles. The van der Waals surface area contributed by atoms with Gasteiger partial charge < -0.3 is 5.73 Å². The first-order chi connectivity index (χ1) is 6.97. The second-order valence-electron chi connectivity index (χ2n) is 2.55. The average molecular weight is 395 g/mol. The Morgan fingerprint density at radius 1 is 1.27 bits per heavy atom. The van der Waals surface area contributed by atoms with Gasteiger partial charge in [-0.05, 0) is 37.9 Å². The lowest BCUT2D eigenvalue weighted by atomic mass is 10.3. The largest absolute Gasteiger partial charge is 0.386 e. The molecule has 0 spiro atoms. The summed E-state index contributed by atoms with van der Waals surface area (Å²) in [5.74, 6) is 0.411. The van der Waals surface area contributed by atoms with Crippen LogP contribution in [-0.2, 0) is 0 Å². The highest BCUT2D eigenvalue weighted by molar-refractivity contribution is 9.11. The van der Waals surface area contributed by atoms with Gasteiger partial charge >= 0.3 is 0 Å². The van der Waals surface area contributed by atoms with Crippen LogP contribution < -0.4 is 5.73 Å². The van der Waals surface area contributed by atoms with Crippen LogP contribution in [0.25, 0.3) is 0 Å². The van der Waals surface area contributed by atoms with Crippen molar-refractivity contribution in [3.63, 3.8) is 0 Å². The molecule has 0 amide bonds. The van der Waals surface area contributed by atoms with Crippen molar-refractivity contribution in [3.05, 3.63) is 25.1 Å². The van der Waals surface area contributed by atoms with E-state index in [2.05, 4.69) is 36.9 Å². The number of amidine groups is 1. The summed E-state index contributed by atoms with van der Waals surface area (Å²) in [4.78, 5) is 4.06. The van der Waals surface area contributed by atoms with Crippen molar-refractivity contribution in [3.8, 4) is 0 Å². The second-order valence-corrected chi connectivity index (χ2v) is 5.29. The molecule has 2 nitrogen and oxygen atoms in total. The molecule has 0 aliphatic heterocycles. The van der Waals surface area contributed by atoms with Crippen LogP contribution in [0.4, 0.5) is 5.69 Å². The number of hydrogen-bond acceptors (Lipinski definition) is 1. The van der Waals surface area contributed by atoms with Crippen LogP contribution in [0.15, 0.2) is 20.0 Å². The Labute approximate surface area is 119 Å². The van der Waals surface area contributed by atoms with Gasteiger partial charge in [-0.1, -0.05) is 23.2 Å². The number of benzene rings is 1. The Kier molecular flexibility index (Phi) is 5.19. The minimum Gasteiger partial charge on any atom is -0.386 e. The lowest BCUT2D eigenvalue weighted by Gasteiger charge is -2.06. The van der Waals surface area contributed by atoms with Crippen LogP contribution >= 0.6 is 66.7 Å². The second kappa shape index (κ2) is 5.73. The summed E-state index contributed by atoms with van der Waals surface area (Å²) in [6, 6.07) is 1.74. The first kappa shape index (κ1) is 13.6. The predicted molar refractivity (Wildman–Crippen MR) is 73.9 cm³/mol. The van der Waals surface area contributed by atoms with Gasteiger partial charge in [0.05, 0.1) is 21.6 Å². The Morgan fingerprint density at radius 3 is 2.40 bits per heavy atom. The highest BCUT2D eigenvalue weighted by Crippen LogP contribution is 2.42. The molecule has 0 aliphatic rings. The molecule has 0 aromatic heterocycles. The highest BCUT2D eigenvalue weighted by atomic mass is 79.9. The summed E-state index contributed by atoms with van der Waals surface area (Å²) in [5.41, 5.74) is 5.99. The molecule has 0 atom stereocenters. The average Bonchev–Trinajstić information content (AvgIpc) is 2.21. The molecule has 0 unspecified atom stereocenters. The third kappa shape index (κ3) is 3.24. The number of rotatable bonds is 2. The van der Waals surface area contributed by atoms with E-state index in [1.165, 1.54) is 0 Å². The molecule has 0 aliphatic carbocycles. The normalized spacial score (nSPS) is 11.9. The molecule has 0 heterocycles. The molecule has 0 radical (unpaired) electrons. The van der Waals surface area contributed by atoms with Crippen molar-refractivity contribution in [2.45, 2.75) is 0 Å². The number of alkyl halides is 1. The first-order valence-corrected chi connectivity index (χ1v) is 6.57. The van der Waals surface area contributed by atoms with Gasteiger partial charge in [0.15, 0.2) is 0 Å². The number of nitrogens with two attached hydrogens (primary N) is 1. The highest BCUT2D eigenvalue weighted by Gasteiger charge is 2.12. The molecular formula is C8H5Br2Cl3N2. The lowest BCUT2D eigenvalue weighted by molar-refractivity contribution is 1.42. The van der Waals surface area contributed by atoms with E-state index in [1.54, 1.807) is 6.07 Å². The van der Waals surface area contributed by atoms with Gasteiger partial charge in [-0.2, -0.15) is 0 Å². The molecular weight excluding hydrogens is 390 g/mol. The summed E-state index contributed by atoms with van der Waals surface area (Å²) >= 11 is 24.0. The van der Waals surface area contributed by atoms with Gasteiger partial charge in [0.1, 0.15) is 5.84 Å². The predicted octanol–water partition coefficient (Wildman–Crippen LogP) is 4.75. The van der Waals surface area contributed by atoms with Crippen molar-refractivity contribution in [2.24, 2.45) is 10.7 Å². The van der Waals surface area contributed by atoms with Crippen LogP contribution in [0.3, 0.4) is 0 Å². The van der Waals surface area contributed by atoms with Gasteiger partial charge in [-0.3, -0.25) is 0 Å². The minimum absolute atomic E-state index is 0.135.